The van der Waals surface area contributed by atoms with Crippen LogP contribution in [0.3, 0.4) is 0 Å². The van der Waals surface area contributed by atoms with Crippen LogP contribution in [0.5, 0.6) is 0 Å². The topological polar surface area (TPSA) is 40.5 Å². The number of anilines is 1. The normalized spacial score (nSPS) is 20.6. The summed E-state index contributed by atoms with van der Waals surface area (Å²) < 4.78 is 1.36. The molecular weight excluding hydrogens is 350 g/mol. The Kier molecular flexibility index (Phi) is 4.46. The number of fused-ring (bicyclic) bond motifs is 5. The predicted octanol–water partition coefficient (Wildman–Crippen LogP) is 6.20. The molecule has 2 aliphatic carbocycles. The molecule has 2 aromatic carbocycles. The highest BCUT2D eigenvalue weighted by Crippen LogP contribution is 2.54. The van der Waals surface area contributed by atoms with E-state index in [1.165, 1.54) is 46.6 Å². The van der Waals surface area contributed by atoms with E-state index in [9.17, 15) is 9.90 Å². The van der Waals surface area contributed by atoms with Crippen LogP contribution < -0.4 is 4.31 Å². The molecule has 0 spiro atoms. The van der Waals surface area contributed by atoms with Gasteiger partial charge >= 0.3 is 6.09 Å². The zero-order valence-electron chi connectivity index (χ0n) is 14.4. The second-order valence-corrected chi connectivity index (χ2v) is 8.24. The van der Waals surface area contributed by atoms with Crippen LogP contribution in [0.1, 0.15) is 42.2 Å². The monoisotopic (exact) mass is 371 g/mol. The van der Waals surface area contributed by atoms with Crippen molar-refractivity contribution in [1.29, 1.82) is 0 Å². The van der Waals surface area contributed by atoms with Gasteiger partial charge in [0.25, 0.3) is 0 Å². The number of rotatable bonds is 4. The van der Waals surface area contributed by atoms with Crippen molar-refractivity contribution in [3.8, 4) is 11.1 Å². The number of benzene rings is 2. The van der Waals surface area contributed by atoms with Crippen molar-refractivity contribution in [2.45, 2.75) is 36.0 Å². The van der Waals surface area contributed by atoms with Crippen LogP contribution in [0.15, 0.2) is 41.3 Å². The third-order valence-corrected chi connectivity index (χ3v) is 6.99. The van der Waals surface area contributed by atoms with Gasteiger partial charge in [-0.2, -0.15) is 0 Å². The lowest BCUT2D eigenvalue weighted by molar-refractivity contribution is 0.206. The fourth-order valence-electron chi connectivity index (χ4n) is 4.43. The largest absolute Gasteiger partial charge is 0.464 e. The minimum Gasteiger partial charge on any atom is -0.464 e. The van der Waals surface area contributed by atoms with Crippen molar-refractivity contribution >= 4 is 35.5 Å². The Balaban J connectivity index is 1.88. The SMILES string of the molecule is CSc1cccc(N(SC)C(=O)O)c1-c1ccc2c(c1)C1CCC2C1. The molecule has 0 aromatic heterocycles. The standard InChI is InChI=1S/C20H21NO2S2/c1-24-18-5-3-4-17(21(25-2)20(22)23)19(18)14-8-9-15-12-6-7-13(10-12)16(15)11-14/h3-5,8-9,11-13H,6-7,10H2,1-2H3,(H,22,23). The van der Waals surface area contributed by atoms with Crippen LogP contribution in [0, 0.1) is 0 Å². The van der Waals surface area contributed by atoms with Crippen molar-refractivity contribution in [2.24, 2.45) is 0 Å². The van der Waals surface area contributed by atoms with Gasteiger partial charge in [0.05, 0.1) is 5.69 Å². The second kappa shape index (κ2) is 6.61. The third kappa shape index (κ3) is 2.74. The summed E-state index contributed by atoms with van der Waals surface area (Å²) in [5, 5.41) is 9.60. The van der Waals surface area contributed by atoms with E-state index in [2.05, 4.69) is 24.3 Å². The molecule has 0 radical (unpaired) electrons. The first-order chi connectivity index (χ1) is 12.1. The molecule has 0 saturated heterocycles. The van der Waals surface area contributed by atoms with Crippen LogP contribution in [0.2, 0.25) is 0 Å². The van der Waals surface area contributed by atoms with E-state index in [-0.39, 0.29) is 0 Å². The number of nitrogens with zero attached hydrogens (tertiary/aromatic N) is 1. The quantitative estimate of drug-likeness (QED) is 0.513. The maximum atomic E-state index is 11.7. The van der Waals surface area contributed by atoms with Crippen LogP contribution in [-0.4, -0.2) is 23.7 Å². The number of carboxylic acid groups (broad SMARTS) is 1. The summed E-state index contributed by atoms with van der Waals surface area (Å²) in [5.74, 6) is 1.44. The molecule has 2 aliphatic rings. The van der Waals surface area contributed by atoms with Gasteiger partial charge in [-0.15, -0.1) is 11.8 Å². The summed E-state index contributed by atoms with van der Waals surface area (Å²) >= 11 is 2.89. The van der Waals surface area contributed by atoms with E-state index in [4.69, 9.17) is 0 Å². The van der Waals surface area contributed by atoms with Crippen molar-refractivity contribution in [3.05, 3.63) is 47.5 Å². The zero-order valence-corrected chi connectivity index (χ0v) is 16.0. The molecule has 5 heteroatoms. The predicted molar refractivity (Wildman–Crippen MR) is 107 cm³/mol. The second-order valence-electron chi connectivity index (χ2n) is 6.66. The summed E-state index contributed by atoms with van der Waals surface area (Å²) in [6, 6.07) is 12.7. The van der Waals surface area contributed by atoms with Gasteiger partial charge in [-0.25, -0.2) is 9.10 Å². The Labute approximate surface area is 156 Å². The molecule has 25 heavy (non-hydrogen) atoms. The van der Waals surface area contributed by atoms with Crippen LogP contribution in [0.4, 0.5) is 10.5 Å². The van der Waals surface area contributed by atoms with Gasteiger partial charge in [0.1, 0.15) is 0 Å². The van der Waals surface area contributed by atoms with Crippen molar-refractivity contribution < 1.29 is 9.90 Å². The van der Waals surface area contributed by atoms with E-state index < -0.39 is 6.09 Å². The summed E-state index contributed by atoms with van der Waals surface area (Å²) in [6.45, 7) is 0. The maximum absolute atomic E-state index is 11.7. The van der Waals surface area contributed by atoms with Gasteiger partial charge in [0, 0.05) is 16.7 Å². The average molecular weight is 372 g/mol. The van der Waals surface area contributed by atoms with E-state index in [0.717, 1.165) is 27.6 Å². The van der Waals surface area contributed by atoms with Gasteiger partial charge < -0.3 is 5.11 Å². The van der Waals surface area contributed by atoms with Gasteiger partial charge in [-0.05, 0) is 78.1 Å². The van der Waals surface area contributed by atoms with Gasteiger partial charge in [0.2, 0.25) is 0 Å². The number of hydrogen-bond acceptors (Lipinski definition) is 3. The number of thioether (sulfide) groups is 1. The maximum Gasteiger partial charge on any atom is 0.422 e. The molecule has 1 fully saturated rings. The minimum absolute atomic E-state index is 0.695. The fourth-order valence-corrected chi connectivity index (χ4v) is 5.58. The van der Waals surface area contributed by atoms with E-state index in [1.54, 1.807) is 18.0 Å². The van der Waals surface area contributed by atoms with E-state index in [1.807, 2.05) is 18.4 Å². The van der Waals surface area contributed by atoms with Gasteiger partial charge in [-0.3, -0.25) is 0 Å². The molecule has 1 saturated carbocycles. The van der Waals surface area contributed by atoms with Gasteiger partial charge in [-0.1, -0.05) is 24.3 Å². The molecule has 2 bridgehead atoms. The number of carbonyl (C=O) groups is 1. The lowest BCUT2D eigenvalue weighted by Gasteiger charge is -2.23. The Bertz CT molecular complexity index is 836. The summed E-state index contributed by atoms with van der Waals surface area (Å²) in [7, 11) is 0. The molecule has 1 amide bonds. The molecule has 2 atom stereocenters. The Morgan fingerprint density at radius 1 is 1.12 bits per heavy atom. The molecule has 130 valence electrons. The number of hydrogen-bond donors (Lipinski definition) is 1. The summed E-state index contributed by atoms with van der Waals surface area (Å²) in [5.41, 5.74) is 5.91. The average Bonchev–Trinajstić information content (AvgIpc) is 3.23. The zero-order chi connectivity index (χ0) is 17.6. The molecule has 4 rings (SSSR count). The minimum atomic E-state index is -0.938. The first-order valence-electron chi connectivity index (χ1n) is 8.52. The van der Waals surface area contributed by atoms with E-state index >= 15 is 0 Å². The molecular formula is C20H21NO2S2. The highest BCUT2D eigenvalue weighted by atomic mass is 32.2. The first kappa shape index (κ1) is 16.9. The van der Waals surface area contributed by atoms with Crippen LogP contribution >= 0.6 is 23.7 Å². The fraction of sp³-hybridized carbons (Fsp3) is 0.350. The van der Waals surface area contributed by atoms with Crippen molar-refractivity contribution in [2.75, 3.05) is 16.8 Å². The molecule has 1 N–H and O–H groups in total. The Hall–Kier alpha value is -1.59. The van der Waals surface area contributed by atoms with Gasteiger partial charge in [0.15, 0.2) is 0 Å². The summed E-state index contributed by atoms with van der Waals surface area (Å²) in [4.78, 5) is 12.8. The molecule has 0 aliphatic heterocycles. The van der Waals surface area contributed by atoms with Crippen LogP contribution in [-0.2, 0) is 0 Å². The molecule has 0 heterocycles. The highest BCUT2D eigenvalue weighted by molar-refractivity contribution is 8.00. The smallest absolute Gasteiger partial charge is 0.422 e. The van der Waals surface area contributed by atoms with Crippen LogP contribution in [0.25, 0.3) is 11.1 Å². The Morgan fingerprint density at radius 2 is 1.88 bits per heavy atom. The lowest BCUT2D eigenvalue weighted by Crippen LogP contribution is -2.21. The summed E-state index contributed by atoms with van der Waals surface area (Å²) in [6.07, 6.45) is 6.81. The molecule has 2 aromatic rings. The first-order valence-corrected chi connectivity index (χ1v) is 10.9. The lowest BCUT2D eigenvalue weighted by atomic mass is 9.89. The van der Waals surface area contributed by atoms with E-state index in [0.29, 0.717) is 5.92 Å². The number of amides is 1. The highest BCUT2D eigenvalue weighted by Gasteiger charge is 2.37. The molecule has 2 unspecified atom stereocenters. The molecule has 3 nitrogen and oxygen atoms in total. The van der Waals surface area contributed by atoms with Crippen molar-refractivity contribution in [3.63, 3.8) is 0 Å². The van der Waals surface area contributed by atoms with Crippen molar-refractivity contribution in [1.82, 2.24) is 0 Å². The third-order valence-electron chi connectivity index (χ3n) is 5.49. The Morgan fingerprint density at radius 3 is 2.56 bits per heavy atom.